The minimum absolute atomic E-state index is 0.0534. The van der Waals surface area contributed by atoms with Crippen LogP contribution in [0.15, 0.2) is 60.0 Å². The summed E-state index contributed by atoms with van der Waals surface area (Å²) in [5.74, 6) is 0.191. The molecule has 2 amide bonds. The Morgan fingerprint density at radius 1 is 1.20 bits per heavy atom. The van der Waals surface area contributed by atoms with Crippen molar-refractivity contribution in [2.24, 2.45) is 0 Å². The van der Waals surface area contributed by atoms with Crippen molar-refractivity contribution in [1.82, 2.24) is 14.9 Å². The molecule has 0 aliphatic carbocycles. The predicted molar refractivity (Wildman–Crippen MR) is 113 cm³/mol. The van der Waals surface area contributed by atoms with Crippen LogP contribution in [0.3, 0.4) is 0 Å². The van der Waals surface area contributed by atoms with Crippen LogP contribution in [-0.4, -0.2) is 39.8 Å². The van der Waals surface area contributed by atoms with Gasteiger partial charge in [-0.25, -0.2) is 4.98 Å². The number of fused-ring (bicyclic) bond motifs is 1. The van der Waals surface area contributed by atoms with E-state index in [1.54, 1.807) is 24.4 Å². The van der Waals surface area contributed by atoms with Crippen molar-refractivity contribution in [2.75, 3.05) is 12.4 Å². The van der Waals surface area contributed by atoms with Crippen molar-refractivity contribution in [3.8, 4) is 17.2 Å². The van der Waals surface area contributed by atoms with E-state index in [1.165, 1.54) is 17.3 Å². The second kappa shape index (κ2) is 8.62. The minimum atomic E-state index is -0.869. The molecule has 0 bridgehead atoms. The van der Waals surface area contributed by atoms with Crippen LogP contribution < -0.4 is 14.8 Å². The number of rotatable bonds is 5. The molecule has 4 rings (SSSR count). The molecule has 154 valence electrons. The van der Waals surface area contributed by atoms with E-state index in [0.717, 1.165) is 11.3 Å². The van der Waals surface area contributed by atoms with Gasteiger partial charge in [0, 0.05) is 12.4 Å². The molecule has 1 unspecified atom stereocenters. The van der Waals surface area contributed by atoms with Crippen LogP contribution in [0, 0.1) is 13.8 Å². The number of benzene rings is 2. The van der Waals surface area contributed by atoms with Gasteiger partial charge in [0.25, 0.3) is 5.91 Å². The maximum Gasteiger partial charge on any atom is 0.271 e. The third-order valence-electron chi connectivity index (χ3n) is 4.61. The number of nitrogens with one attached hydrogen (secondary N) is 1. The molecule has 2 heterocycles. The zero-order valence-corrected chi connectivity index (χ0v) is 17.4. The van der Waals surface area contributed by atoms with Crippen molar-refractivity contribution in [3.05, 3.63) is 66.0 Å². The normalized spacial score (nSPS) is 14.9. The SMILES string of the molecule is Cc1ccc(-n2ccnc2SCC(=O)NC(=O)C2COc3ccccc3O2)c(C)c1. The fourth-order valence-corrected chi connectivity index (χ4v) is 3.95. The number of thioether (sulfide) groups is 1. The van der Waals surface area contributed by atoms with Gasteiger partial charge in [0.05, 0.1) is 11.4 Å². The van der Waals surface area contributed by atoms with E-state index in [4.69, 9.17) is 9.47 Å². The predicted octanol–water partition coefficient (Wildman–Crippen LogP) is 3.06. The molecule has 8 heteroatoms. The first kappa shape index (κ1) is 20.0. The molecule has 1 aliphatic heterocycles. The van der Waals surface area contributed by atoms with Crippen LogP contribution in [-0.2, 0) is 9.59 Å². The van der Waals surface area contributed by atoms with E-state index in [9.17, 15) is 9.59 Å². The number of ether oxygens (including phenoxy) is 2. The number of carbonyl (C=O) groups is 2. The maximum atomic E-state index is 12.4. The molecular formula is C22H21N3O4S. The number of imide groups is 1. The smallest absolute Gasteiger partial charge is 0.271 e. The lowest BCUT2D eigenvalue weighted by molar-refractivity contribution is -0.135. The van der Waals surface area contributed by atoms with Gasteiger partial charge in [-0.2, -0.15) is 0 Å². The van der Waals surface area contributed by atoms with Gasteiger partial charge < -0.3 is 9.47 Å². The van der Waals surface area contributed by atoms with Gasteiger partial charge in [0.15, 0.2) is 16.7 Å². The van der Waals surface area contributed by atoms with E-state index in [0.29, 0.717) is 16.7 Å². The fourth-order valence-electron chi connectivity index (χ4n) is 3.19. The average Bonchev–Trinajstić information content (AvgIpc) is 3.20. The molecule has 0 saturated carbocycles. The summed E-state index contributed by atoms with van der Waals surface area (Å²) < 4.78 is 13.1. The number of carbonyl (C=O) groups excluding carboxylic acids is 2. The molecule has 30 heavy (non-hydrogen) atoms. The number of imidazole rings is 1. The van der Waals surface area contributed by atoms with Crippen LogP contribution in [0.25, 0.3) is 5.69 Å². The third-order valence-corrected chi connectivity index (χ3v) is 5.58. The van der Waals surface area contributed by atoms with Crippen LogP contribution in [0.4, 0.5) is 0 Å². The number of hydrogen-bond acceptors (Lipinski definition) is 6. The lowest BCUT2D eigenvalue weighted by Crippen LogP contribution is -2.46. The average molecular weight is 423 g/mol. The van der Waals surface area contributed by atoms with Crippen molar-refractivity contribution < 1.29 is 19.1 Å². The Balaban J connectivity index is 1.35. The van der Waals surface area contributed by atoms with Gasteiger partial charge >= 0.3 is 0 Å². The van der Waals surface area contributed by atoms with Gasteiger partial charge in [-0.05, 0) is 37.6 Å². The molecule has 1 aliphatic rings. The zero-order valence-electron chi connectivity index (χ0n) is 16.6. The van der Waals surface area contributed by atoms with Gasteiger partial charge in [-0.1, -0.05) is 41.6 Å². The third kappa shape index (κ3) is 4.33. The van der Waals surface area contributed by atoms with E-state index in [-0.39, 0.29) is 12.4 Å². The first-order valence-electron chi connectivity index (χ1n) is 9.47. The first-order valence-corrected chi connectivity index (χ1v) is 10.5. The summed E-state index contributed by atoms with van der Waals surface area (Å²) >= 11 is 1.26. The molecule has 7 nitrogen and oxygen atoms in total. The molecule has 0 fully saturated rings. The number of aryl methyl sites for hydroxylation is 2. The first-order chi connectivity index (χ1) is 14.5. The van der Waals surface area contributed by atoms with Crippen LogP contribution in [0.1, 0.15) is 11.1 Å². The van der Waals surface area contributed by atoms with E-state index in [1.807, 2.05) is 42.8 Å². The number of aromatic nitrogens is 2. The molecule has 2 aromatic carbocycles. The minimum Gasteiger partial charge on any atom is -0.485 e. The Kier molecular flexibility index (Phi) is 5.76. The second-order valence-electron chi connectivity index (χ2n) is 6.94. The Morgan fingerprint density at radius 2 is 2.00 bits per heavy atom. The van der Waals surface area contributed by atoms with Gasteiger partial charge in [-0.3, -0.25) is 19.5 Å². The summed E-state index contributed by atoms with van der Waals surface area (Å²) in [4.78, 5) is 29.0. The largest absolute Gasteiger partial charge is 0.485 e. The van der Waals surface area contributed by atoms with Crippen LogP contribution >= 0.6 is 11.8 Å². The van der Waals surface area contributed by atoms with Crippen molar-refractivity contribution in [1.29, 1.82) is 0 Å². The van der Waals surface area contributed by atoms with Crippen molar-refractivity contribution >= 4 is 23.6 Å². The maximum absolute atomic E-state index is 12.4. The molecule has 3 aromatic rings. The van der Waals surface area contributed by atoms with E-state index >= 15 is 0 Å². The number of amides is 2. The van der Waals surface area contributed by atoms with Crippen LogP contribution in [0.2, 0.25) is 0 Å². The quantitative estimate of drug-likeness (QED) is 0.635. The standard InChI is InChI=1S/C22H21N3O4S/c1-14-7-8-16(15(2)11-14)25-10-9-23-22(25)30-13-20(26)24-21(27)19-12-28-17-5-3-4-6-18(17)29-19/h3-11,19H,12-13H2,1-2H3,(H,24,26,27). The summed E-state index contributed by atoms with van der Waals surface area (Å²) in [5.41, 5.74) is 3.30. The highest BCUT2D eigenvalue weighted by Crippen LogP contribution is 2.31. The fraction of sp³-hybridized carbons (Fsp3) is 0.227. The van der Waals surface area contributed by atoms with Crippen molar-refractivity contribution in [3.63, 3.8) is 0 Å². The monoisotopic (exact) mass is 423 g/mol. The Labute approximate surface area is 178 Å². The molecule has 0 saturated heterocycles. The lowest BCUT2D eigenvalue weighted by Gasteiger charge is -2.25. The lowest BCUT2D eigenvalue weighted by atomic mass is 10.1. The highest BCUT2D eigenvalue weighted by atomic mass is 32.2. The Bertz CT molecular complexity index is 1100. The highest BCUT2D eigenvalue weighted by Gasteiger charge is 2.28. The molecule has 1 atom stereocenters. The molecule has 0 spiro atoms. The number of nitrogens with zero attached hydrogens (tertiary/aromatic N) is 2. The molecule has 1 N–H and O–H groups in total. The summed E-state index contributed by atoms with van der Waals surface area (Å²) in [7, 11) is 0. The molecule has 0 radical (unpaired) electrons. The van der Waals surface area contributed by atoms with Gasteiger partial charge in [0.2, 0.25) is 12.0 Å². The second-order valence-corrected chi connectivity index (χ2v) is 7.88. The Hall–Kier alpha value is -3.26. The number of para-hydroxylation sites is 2. The zero-order chi connectivity index (χ0) is 21.1. The van der Waals surface area contributed by atoms with E-state index in [2.05, 4.69) is 16.4 Å². The number of hydrogen-bond donors (Lipinski definition) is 1. The summed E-state index contributed by atoms with van der Waals surface area (Å²) in [6, 6.07) is 13.3. The highest BCUT2D eigenvalue weighted by molar-refractivity contribution is 7.99. The summed E-state index contributed by atoms with van der Waals surface area (Å²) in [5, 5.41) is 3.06. The van der Waals surface area contributed by atoms with E-state index < -0.39 is 17.9 Å². The van der Waals surface area contributed by atoms with Crippen LogP contribution in [0.5, 0.6) is 11.5 Å². The Morgan fingerprint density at radius 3 is 2.80 bits per heavy atom. The van der Waals surface area contributed by atoms with Crippen molar-refractivity contribution in [2.45, 2.75) is 25.1 Å². The topological polar surface area (TPSA) is 82.5 Å². The van der Waals surface area contributed by atoms with Gasteiger partial charge in [-0.15, -0.1) is 0 Å². The molecule has 1 aromatic heterocycles. The summed E-state index contributed by atoms with van der Waals surface area (Å²) in [6.45, 7) is 4.13. The summed E-state index contributed by atoms with van der Waals surface area (Å²) in [6.07, 6.45) is 2.68. The molecular weight excluding hydrogens is 402 g/mol. The van der Waals surface area contributed by atoms with Gasteiger partial charge in [0.1, 0.15) is 6.61 Å².